The van der Waals surface area contributed by atoms with E-state index in [0.29, 0.717) is 13.2 Å². The summed E-state index contributed by atoms with van der Waals surface area (Å²) in [6.45, 7) is 1.16. The smallest absolute Gasteiger partial charge is 0.306 e. The van der Waals surface area contributed by atoms with Gasteiger partial charge in [0.1, 0.15) is 0 Å². The summed E-state index contributed by atoms with van der Waals surface area (Å²) in [5.74, 6) is -0.729. The summed E-state index contributed by atoms with van der Waals surface area (Å²) in [6.07, 6.45) is 0.681. The minimum atomic E-state index is -3.30. The van der Waals surface area contributed by atoms with Crippen molar-refractivity contribution in [3.05, 3.63) is 0 Å². The Hall–Kier alpha value is -0.660. The molecule has 1 saturated heterocycles. The first-order valence-electron chi connectivity index (χ1n) is 5.55. The number of rotatable bonds is 6. The van der Waals surface area contributed by atoms with Gasteiger partial charge in [-0.1, -0.05) is 0 Å². The second-order valence-electron chi connectivity index (χ2n) is 4.23. The molecule has 1 rings (SSSR count). The Morgan fingerprint density at radius 1 is 1.59 bits per heavy atom. The molecule has 0 bridgehead atoms. The van der Waals surface area contributed by atoms with Crippen LogP contribution in [0.5, 0.6) is 0 Å². The number of carbonyl (C=O) groups excluding carboxylic acids is 1. The lowest BCUT2D eigenvalue weighted by Gasteiger charge is -2.17. The molecule has 0 spiro atoms. The van der Waals surface area contributed by atoms with Gasteiger partial charge in [-0.25, -0.2) is 8.42 Å². The zero-order valence-electron chi connectivity index (χ0n) is 9.92. The number of nitrogens with two attached hydrogens (primary N) is 1. The Labute approximate surface area is 101 Å². The van der Waals surface area contributed by atoms with Crippen molar-refractivity contribution in [3.63, 3.8) is 0 Å². The van der Waals surface area contributed by atoms with Gasteiger partial charge in [-0.3, -0.25) is 4.79 Å². The molecule has 0 amide bonds. The molecule has 17 heavy (non-hydrogen) atoms. The van der Waals surface area contributed by atoms with Gasteiger partial charge in [0.05, 0.1) is 31.6 Å². The SMILES string of the molecule is COC(=O)CCS(=O)(=O)CC(N)C1CCOC1. The standard InChI is InChI=1S/C10H19NO5S/c1-15-10(12)3-5-17(13,14)7-9(11)8-2-4-16-6-8/h8-9H,2-7,11H2,1H3. The predicted molar refractivity (Wildman–Crippen MR) is 62.2 cm³/mol. The number of hydrogen-bond acceptors (Lipinski definition) is 6. The van der Waals surface area contributed by atoms with Crippen LogP contribution < -0.4 is 5.73 Å². The van der Waals surface area contributed by atoms with E-state index in [1.54, 1.807) is 0 Å². The first kappa shape index (κ1) is 14.4. The monoisotopic (exact) mass is 265 g/mol. The lowest BCUT2D eigenvalue weighted by Crippen LogP contribution is -2.38. The van der Waals surface area contributed by atoms with Gasteiger partial charge in [-0.2, -0.15) is 0 Å². The highest BCUT2D eigenvalue weighted by molar-refractivity contribution is 7.91. The Morgan fingerprint density at radius 2 is 2.29 bits per heavy atom. The fourth-order valence-corrected chi connectivity index (χ4v) is 3.25. The molecule has 1 aliphatic heterocycles. The molecule has 0 aromatic heterocycles. The summed E-state index contributed by atoms with van der Waals surface area (Å²) < 4.78 is 32.9. The quantitative estimate of drug-likeness (QED) is 0.640. The number of hydrogen-bond donors (Lipinski definition) is 1. The van der Waals surface area contributed by atoms with E-state index in [0.717, 1.165) is 6.42 Å². The Kier molecular flexibility index (Phi) is 5.35. The Balaban J connectivity index is 2.39. The van der Waals surface area contributed by atoms with Gasteiger partial charge in [-0.15, -0.1) is 0 Å². The maximum atomic E-state index is 11.7. The van der Waals surface area contributed by atoms with Crippen LogP contribution in [0.25, 0.3) is 0 Å². The highest BCUT2D eigenvalue weighted by atomic mass is 32.2. The van der Waals surface area contributed by atoms with E-state index in [9.17, 15) is 13.2 Å². The van der Waals surface area contributed by atoms with Crippen LogP contribution in [0.15, 0.2) is 0 Å². The van der Waals surface area contributed by atoms with Crippen LogP contribution >= 0.6 is 0 Å². The third-order valence-corrected chi connectivity index (χ3v) is 4.58. The van der Waals surface area contributed by atoms with E-state index in [1.165, 1.54) is 7.11 Å². The molecule has 6 nitrogen and oxygen atoms in total. The zero-order chi connectivity index (χ0) is 12.9. The summed E-state index contributed by atoms with van der Waals surface area (Å²) in [4.78, 5) is 10.9. The van der Waals surface area contributed by atoms with E-state index in [-0.39, 0.29) is 23.8 Å². The van der Waals surface area contributed by atoms with Crippen LogP contribution in [-0.2, 0) is 24.1 Å². The van der Waals surface area contributed by atoms with E-state index in [4.69, 9.17) is 10.5 Å². The lowest BCUT2D eigenvalue weighted by molar-refractivity contribution is -0.140. The molecule has 0 aromatic rings. The number of methoxy groups -OCH3 is 1. The number of ether oxygens (including phenoxy) is 2. The molecule has 0 saturated carbocycles. The van der Waals surface area contributed by atoms with E-state index in [1.807, 2.05) is 0 Å². The fraction of sp³-hybridized carbons (Fsp3) is 0.900. The molecule has 1 aliphatic rings. The molecule has 0 radical (unpaired) electrons. The molecule has 0 aromatic carbocycles. The average Bonchev–Trinajstić information content (AvgIpc) is 2.78. The van der Waals surface area contributed by atoms with Crippen LogP contribution in [0.2, 0.25) is 0 Å². The van der Waals surface area contributed by atoms with Gasteiger partial charge >= 0.3 is 5.97 Å². The van der Waals surface area contributed by atoms with Crippen LogP contribution in [0, 0.1) is 5.92 Å². The summed E-state index contributed by atoms with van der Waals surface area (Å²) in [5, 5.41) is 0. The van der Waals surface area contributed by atoms with Gasteiger partial charge in [0, 0.05) is 18.6 Å². The summed E-state index contributed by atoms with van der Waals surface area (Å²) in [6, 6.07) is -0.417. The molecular formula is C10H19NO5S. The number of esters is 1. The third-order valence-electron chi connectivity index (χ3n) is 2.86. The van der Waals surface area contributed by atoms with E-state index < -0.39 is 21.8 Å². The first-order valence-corrected chi connectivity index (χ1v) is 7.37. The molecule has 2 N–H and O–H groups in total. The second-order valence-corrected chi connectivity index (χ2v) is 6.46. The van der Waals surface area contributed by atoms with Crippen LogP contribution in [-0.4, -0.2) is 52.3 Å². The van der Waals surface area contributed by atoms with E-state index in [2.05, 4.69) is 4.74 Å². The minimum Gasteiger partial charge on any atom is -0.469 e. The van der Waals surface area contributed by atoms with Gasteiger partial charge < -0.3 is 15.2 Å². The fourth-order valence-electron chi connectivity index (χ4n) is 1.74. The minimum absolute atomic E-state index is 0.0992. The van der Waals surface area contributed by atoms with Crippen LogP contribution in [0.4, 0.5) is 0 Å². The Bertz CT molecular complexity index is 348. The highest BCUT2D eigenvalue weighted by Crippen LogP contribution is 2.16. The normalized spacial score (nSPS) is 22.4. The van der Waals surface area contributed by atoms with Crippen molar-refractivity contribution in [2.45, 2.75) is 18.9 Å². The molecule has 2 unspecified atom stereocenters. The van der Waals surface area contributed by atoms with Crippen molar-refractivity contribution in [3.8, 4) is 0 Å². The third kappa shape index (κ3) is 5.01. The largest absolute Gasteiger partial charge is 0.469 e. The van der Waals surface area contributed by atoms with Gasteiger partial charge in [0.2, 0.25) is 0 Å². The second kappa shape index (κ2) is 6.32. The summed E-state index contributed by atoms with van der Waals surface area (Å²) in [5.41, 5.74) is 5.83. The number of sulfone groups is 1. The lowest BCUT2D eigenvalue weighted by atomic mass is 10.0. The average molecular weight is 265 g/mol. The van der Waals surface area contributed by atoms with Crippen molar-refractivity contribution >= 4 is 15.8 Å². The summed E-state index contributed by atoms with van der Waals surface area (Å²) >= 11 is 0. The first-order chi connectivity index (χ1) is 7.94. The van der Waals surface area contributed by atoms with E-state index >= 15 is 0 Å². The van der Waals surface area contributed by atoms with Crippen molar-refractivity contribution in [1.82, 2.24) is 0 Å². The Morgan fingerprint density at radius 3 is 2.82 bits per heavy atom. The molecule has 1 fully saturated rings. The van der Waals surface area contributed by atoms with Crippen molar-refractivity contribution in [2.75, 3.05) is 31.8 Å². The molecule has 2 atom stereocenters. The van der Waals surface area contributed by atoms with Crippen LogP contribution in [0.1, 0.15) is 12.8 Å². The van der Waals surface area contributed by atoms with Gasteiger partial charge in [0.25, 0.3) is 0 Å². The van der Waals surface area contributed by atoms with Gasteiger partial charge in [-0.05, 0) is 6.42 Å². The maximum Gasteiger partial charge on any atom is 0.306 e. The molecule has 100 valence electrons. The van der Waals surface area contributed by atoms with Crippen molar-refractivity contribution < 1.29 is 22.7 Å². The predicted octanol–water partition coefficient (Wildman–Crippen LogP) is -0.672. The topological polar surface area (TPSA) is 95.7 Å². The molecular weight excluding hydrogens is 246 g/mol. The summed E-state index contributed by atoms with van der Waals surface area (Å²) in [7, 11) is -2.07. The van der Waals surface area contributed by atoms with Crippen molar-refractivity contribution in [2.24, 2.45) is 11.7 Å². The highest BCUT2D eigenvalue weighted by Gasteiger charge is 2.27. The van der Waals surface area contributed by atoms with Crippen LogP contribution in [0.3, 0.4) is 0 Å². The molecule has 0 aliphatic carbocycles. The zero-order valence-corrected chi connectivity index (χ0v) is 10.7. The molecule has 1 heterocycles. The number of carbonyl (C=O) groups is 1. The molecule has 7 heteroatoms. The maximum absolute atomic E-state index is 11.7. The van der Waals surface area contributed by atoms with Gasteiger partial charge in [0.15, 0.2) is 9.84 Å². The van der Waals surface area contributed by atoms with Crippen molar-refractivity contribution in [1.29, 1.82) is 0 Å².